The Morgan fingerprint density at radius 1 is 1.27 bits per heavy atom. The molecule has 1 saturated carbocycles. The fraction of sp³-hybridized carbons (Fsp3) is 0.526. The summed E-state index contributed by atoms with van der Waals surface area (Å²) in [4.78, 5) is 14.2. The van der Waals surface area contributed by atoms with E-state index in [1.54, 1.807) is 6.08 Å². The average molecular weight is 301 g/mol. The van der Waals surface area contributed by atoms with Gasteiger partial charge in [0.2, 0.25) is 5.91 Å². The van der Waals surface area contributed by atoms with Gasteiger partial charge < -0.3 is 9.64 Å². The van der Waals surface area contributed by atoms with Crippen LogP contribution in [-0.2, 0) is 4.79 Å². The van der Waals surface area contributed by atoms with Crippen LogP contribution in [-0.4, -0.2) is 30.5 Å². The Balaban J connectivity index is 1.99. The van der Waals surface area contributed by atoms with Crippen LogP contribution in [0.2, 0.25) is 0 Å². The smallest absolute Gasteiger partial charge is 0.246 e. The van der Waals surface area contributed by atoms with E-state index in [0.29, 0.717) is 12.6 Å². The molecule has 1 fully saturated rings. The second kappa shape index (κ2) is 8.62. The number of amides is 1. The van der Waals surface area contributed by atoms with Crippen molar-refractivity contribution < 1.29 is 9.53 Å². The molecule has 1 amide bonds. The van der Waals surface area contributed by atoms with Gasteiger partial charge in [0.25, 0.3) is 0 Å². The summed E-state index contributed by atoms with van der Waals surface area (Å²) >= 11 is 0. The summed E-state index contributed by atoms with van der Waals surface area (Å²) in [5.74, 6) is 0.922. The summed E-state index contributed by atoms with van der Waals surface area (Å²) in [6.07, 6.45) is 10.5. The highest BCUT2D eigenvalue weighted by molar-refractivity contribution is 5.92. The van der Waals surface area contributed by atoms with Crippen LogP contribution in [0.3, 0.4) is 0 Å². The molecule has 0 radical (unpaired) electrons. The minimum Gasteiger partial charge on any atom is -0.493 e. The van der Waals surface area contributed by atoms with Gasteiger partial charge in [0.05, 0.1) is 6.61 Å². The molecule has 3 heteroatoms. The second-order valence-corrected chi connectivity index (χ2v) is 5.96. The van der Waals surface area contributed by atoms with Crippen molar-refractivity contribution in [2.75, 3.05) is 13.7 Å². The van der Waals surface area contributed by atoms with Gasteiger partial charge in [-0.15, -0.1) is 0 Å². The molecule has 0 heterocycles. The number of likely N-dealkylation sites (N-methyl/N-ethyl adjacent to an activating group) is 1. The molecule has 1 aliphatic rings. The Hall–Kier alpha value is -1.77. The number of hydrogen-bond donors (Lipinski definition) is 0. The van der Waals surface area contributed by atoms with Crippen LogP contribution < -0.4 is 4.74 Å². The van der Waals surface area contributed by atoms with E-state index in [4.69, 9.17) is 4.74 Å². The molecule has 0 aromatic heterocycles. The van der Waals surface area contributed by atoms with Crippen LogP contribution >= 0.6 is 0 Å². The van der Waals surface area contributed by atoms with Gasteiger partial charge >= 0.3 is 0 Å². The van der Waals surface area contributed by atoms with Gasteiger partial charge in [-0.25, -0.2) is 0 Å². The third-order valence-corrected chi connectivity index (χ3v) is 4.26. The molecule has 0 bridgehead atoms. The molecule has 1 aromatic rings. The fourth-order valence-electron chi connectivity index (χ4n) is 2.89. The number of para-hydroxylation sites is 1. The summed E-state index contributed by atoms with van der Waals surface area (Å²) in [5, 5.41) is 0. The van der Waals surface area contributed by atoms with E-state index in [0.717, 1.165) is 30.6 Å². The number of benzene rings is 1. The van der Waals surface area contributed by atoms with Crippen molar-refractivity contribution in [2.24, 2.45) is 0 Å². The van der Waals surface area contributed by atoms with Crippen LogP contribution in [0.25, 0.3) is 6.08 Å². The molecule has 2 rings (SSSR count). The summed E-state index contributed by atoms with van der Waals surface area (Å²) in [6, 6.07) is 8.25. The molecule has 0 saturated heterocycles. The number of ether oxygens (including phenoxy) is 1. The highest BCUT2D eigenvalue weighted by atomic mass is 16.5. The predicted molar refractivity (Wildman–Crippen MR) is 90.9 cm³/mol. The number of carbonyl (C=O) groups excluding carboxylic acids is 1. The van der Waals surface area contributed by atoms with Crippen molar-refractivity contribution in [2.45, 2.75) is 51.5 Å². The SMILES string of the molecule is CCCOc1ccccc1/C=C/C(=O)N(C)C1CCCCC1. The lowest BCUT2D eigenvalue weighted by molar-refractivity contribution is -0.127. The molecule has 0 spiro atoms. The fourth-order valence-corrected chi connectivity index (χ4v) is 2.89. The van der Waals surface area contributed by atoms with Crippen LogP contribution in [0.5, 0.6) is 5.75 Å². The maximum atomic E-state index is 12.3. The van der Waals surface area contributed by atoms with E-state index >= 15 is 0 Å². The Morgan fingerprint density at radius 2 is 2.00 bits per heavy atom. The van der Waals surface area contributed by atoms with Crippen LogP contribution in [0.15, 0.2) is 30.3 Å². The molecule has 0 aliphatic heterocycles. The quantitative estimate of drug-likeness (QED) is 0.734. The van der Waals surface area contributed by atoms with E-state index in [1.165, 1.54) is 19.3 Å². The van der Waals surface area contributed by atoms with E-state index in [1.807, 2.05) is 42.3 Å². The zero-order valence-electron chi connectivity index (χ0n) is 13.8. The normalized spacial score (nSPS) is 15.9. The minimum atomic E-state index is 0.0807. The van der Waals surface area contributed by atoms with Gasteiger partial charge in [-0.3, -0.25) is 4.79 Å². The van der Waals surface area contributed by atoms with Gasteiger partial charge in [0, 0.05) is 24.7 Å². The van der Waals surface area contributed by atoms with Crippen molar-refractivity contribution in [1.29, 1.82) is 0 Å². The Bertz CT molecular complexity index is 504. The highest BCUT2D eigenvalue weighted by Crippen LogP contribution is 2.23. The van der Waals surface area contributed by atoms with E-state index < -0.39 is 0 Å². The minimum absolute atomic E-state index is 0.0807. The lowest BCUT2D eigenvalue weighted by atomic mass is 9.94. The van der Waals surface area contributed by atoms with Crippen molar-refractivity contribution in [3.05, 3.63) is 35.9 Å². The van der Waals surface area contributed by atoms with Crippen molar-refractivity contribution in [3.8, 4) is 5.75 Å². The van der Waals surface area contributed by atoms with Gasteiger partial charge in [-0.2, -0.15) is 0 Å². The summed E-state index contributed by atoms with van der Waals surface area (Å²) in [5.41, 5.74) is 0.960. The number of nitrogens with zero attached hydrogens (tertiary/aromatic N) is 1. The Labute approximate surface area is 134 Å². The van der Waals surface area contributed by atoms with Crippen LogP contribution in [0.4, 0.5) is 0 Å². The van der Waals surface area contributed by atoms with Crippen molar-refractivity contribution in [1.82, 2.24) is 4.90 Å². The van der Waals surface area contributed by atoms with Crippen LogP contribution in [0, 0.1) is 0 Å². The Morgan fingerprint density at radius 3 is 2.73 bits per heavy atom. The van der Waals surface area contributed by atoms with E-state index in [2.05, 4.69) is 6.92 Å². The standard InChI is InChI=1S/C19H27NO2/c1-3-15-22-18-12-8-7-9-16(18)13-14-19(21)20(2)17-10-5-4-6-11-17/h7-9,12-14,17H,3-6,10-11,15H2,1-2H3/b14-13+. The number of rotatable bonds is 6. The lowest BCUT2D eigenvalue weighted by Crippen LogP contribution is -2.37. The summed E-state index contributed by atoms with van der Waals surface area (Å²) in [6.45, 7) is 2.78. The molecular weight excluding hydrogens is 274 g/mol. The molecule has 1 aromatic carbocycles. The first-order valence-electron chi connectivity index (χ1n) is 8.39. The molecule has 120 valence electrons. The molecule has 0 unspecified atom stereocenters. The zero-order valence-corrected chi connectivity index (χ0v) is 13.8. The highest BCUT2D eigenvalue weighted by Gasteiger charge is 2.20. The van der Waals surface area contributed by atoms with Crippen LogP contribution in [0.1, 0.15) is 51.0 Å². The first-order valence-corrected chi connectivity index (χ1v) is 8.39. The lowest BCUT2D eigenvalue weighted by Gasteiger charge is -2.30. The molecule has 3 nitrogen and oxygen atoms in total. The molecule has 0 atom stereocenters. The second-order valence-electron chi connectivity index (χ2n) is 5.96. The number of hydrogen-bond acceptors (Lipinski definition) is 2. The summed E-state index contributed by atoms with van der Waals surface area (Å²) in [7, 11) is 1.92. The Kier molecular flexibility index (Phi) is 6.50. The molecule has 1 aliphatic carbocycles. The van der Waals surface area contributed by atoms with Gasteiger partial charge in [-0.05, 0) is 31.4 Å². The largest absolute Gasteiger partial charge is 0.493 e. The zero-order chi connectivity index (χ0) is 15.8. The predicted octanol–water partition coefficient (Wildman–Crippen LogP) is 4.28. The maximum absolute atomic E-state index is 12.3. The maximum Gasteiger partial charge on any atom is 0.246 e. The van der Waals surface area contributed by atoms with Gasteiger partial charge in [-0.1, -0.05) is 44.4 Å². The van der Waals surface area contributed by atoms with E-state index in [9.17, 15) is 4.79 Å². The van der Waals surface area contributed by atoms with Gasteiger partial charge in [0.1, 0.15) is 5.75 Å². The van der Waals surface area contributed by atoms with Crippen molar-refractivity contribution in [3.63, 3.8) is 0 Å². The number of carbonyl (C=O) groups is 1. The average Bonchev–Trinajstić information content (AvgIpc) is 2.58. The van der Waals surface area contributed by atoms with Gasteiger partial charge in [0.15, 0.2) is 0 Å². The summed E-state index contributed by atoms with van der Waals surface area (Å²) < 4.78 is 5.72. The molecule has 0 N–H and O–H groups in total. The first kappa shape index (κ1) is 16.6. The molecule has 22 heavy (non-hydrogen) atoms. The van der Waals surface area contributed by atoms with Crippen molar-refractivity contribution >= 4 is 12.0 Å². The third kappa shape index (κ3) is 4.62. The topological polar surface area (TPSA) is 29.5 Å². The van der Waals surface area contributed by atoms with E-state index in [-0.39, 0.29) is 5.91 Å². The monoisotopic (exact) mass is 301 g/mol. The first-order chi connectivity index (χ1) is 10.7. The molecular formula is C19H27NO2. The third-order valence-electron chi connectivity index (χ3n) is 4.26.